The minimum Gasteiger partial charge on any atom is -0.493 e. The molecule has 0 radical (unpaired) electrons. The van der Waals surface area contributed by atoms with E-state index < -0.39 is 12.1 Å². The first-order chi connectivity index (χ1) is 16.9. The minimum atomic E-state index is -0.805. The highest BCUT2D eigenvalue weighted by atomic mass is 16.5. The molecule has 4 amide bonds. The molecule has 0 aromatic heterocycles. The molecule has 3 saturated heterocycles. The maximum absolute atomic E-state index is 13.0. The van der Waals surface area contributed by atoms with Gasteiger partial charge in [0, 0.05) is 26.2 Å². The summed E-state index contributed by atoms with van der Waals surface area (Å²) in [5, 5.41) is 2.70. The molecule has 0 bridgehead atoms. The summed E-state index contributed by atoms with van der Waals surface area (Å²) in [6.07, 6.45) is 6.53. The number of imide groups is 1. The Labute approximate surface area is 207 Å². The fraction of sp³-hybridized carbons (Fsp3) is 0.654. The lowest BCUT2D eigenvalue weighted by atomic mass is 9.83. The number of carbonyl (C=O) groups excluding carboxylic acids is 3. The van der Waals surface area contributed by atoms with Gasteiger partial charge < -0.3 is 24.6 Å². The lowest BCUT2D eigenvalue weighted by Gasteiger charge is -2.45. The molecule has 1 N–H and O–H groups in total. The van der Waals surface area contributed by atoms with Crippen molar-refractivity contribution in [1.29, 1.82) is 0 Å². The molecule has 9 heteroatoms. The molecule has 3 aliphatic rings. The van der Waals surface area contributed by atoms with Crippen LogP contribution in [0.1, 0.15) is 44.1 Å². The van der Waals surface area contributed by atoms with Crippen LogP contribution in [0.3, 0.4) is 0 Å². The molecule has 0 aliphatic carbocycles. The molecule has 3 atom stereocenters. The van der Waals surface area contributed by atoms with Crippen LogP contribution in [0.4, 0.5) is 4.79 Å². The number of hydrogen-bond donors (Lipinski definition) is 1. The summed E-state index contributed by atoms with van der Waals surface area (Å²) in [5.41, 5.74) is 0.923. The van der Waals surface area contributed by atoms with Gasteiger partial charge >= 0.3 is 6.03 Å². The van der Waals surface area contributed by atoms with Crippen LogP contribution in [0, 0.1) is 5.92 Å². The van der Waals surface area contributed by atoms with Crippen LogP contribution in [-0.4, -0.2) is 92.1 Å². The molecular weight excluding hydrogens is 448 g/mol. The molecule has 3 fully saturated rings. The van der Waals surface area contributed by atoms with Crippen LogP contribution in [0.5, 0.6) is 11.5 Å². The second kappa shape index (κ2) is 11.3. The highest BCUT2D eigenvalue weighted by molar-refractivity contribution is 6.05. The number of urea groups is 1. The van der Waals surface area contributed by atoms with E-state index in [1.165, 1.54) is 43.7 Å². The van der Waals surface area contributed by atoms with Crippen molar-refractivity contribution in [2.45, 2.75) is 57.0 Å². The van der Waals surface area contributed by atoms with Gasteiger partial charge in [0.2, 0.25) is 5.91 Å². The van der Waals surface area contributed by atoms with Gasteiger partial charge in [-0.05, 0) is 68.8 Å². The van der Waals surface area contributed by atoms with Gasteiger partial charge in [-0.1, -0.05) is 12.5 Å². The number of amides is 4. The number of methoxy groups -OCH3 is 2. The molecule has 3 heterocycles. The van der Waals surface area contributed by atoms with Crippen molar-refractivity contribution < 1.29 is 23.9 Å². The normalized spacial score (nSPS) is 24.7. The molecule has 0 saturated carbocycles. The molecule has 1 aromatic carbocycles. The van der Waals surface area contributed by atoms with E-state index in [2.05, 4.69) is 10.2 Å². The number of benzene rings is 1. The summed E-state index contributed by atoms with van der Waals surface area (Å²) >= 11 is 0. The topological polar surface area (TPSA) is 91.4 Å². The van der Waals surface area contributed by atoms with E-state index in [1.807, 2.05) is 19.2 Å². The first kappa shape index (κ1) is 25.3. The lowest BCUT2D eigenvalue weighted by Crippen LogP contribution is -2.51. The lowest BCUT2D eigenvalue weighted by molar-refractivity contribution is -0.135. The van der Waals surface area contributed by atoms with Crippen LogP contribution in [-0.2, 0) is 16.0 Å². The van der Waals surface area contributed by atoms with Crippen LogP contribution < -0.4 is 14.8 Å². The Morgan fingerprint density at radius 1 is 1.09 bits per heavy atom. The molecule has 9 nitrogen and oxygen atoms in total. The fourth-order valence-electron chi connectivity index (χ4n) is 5.78. The molecule has 1 aromatic rings. The summed E-state index contributed by atoms with van der Waals surface area (Å²) in [5.74, 6) is 1.26. The highest BCUT2D eigenvalue weighted by Gasteiger charge is 2.40. The van der Waals surface area contributed by atoms with E-state index in [-0.39, 0.29) is 24.8 Å². The van der Waals surface area contributed by atoms with Crippen molar-refractivity contribution in [3.8, 4) is 11.5 Å². The number of ether oxygens (including phenoxy) is 2. The van der Waals surface area contributed by atoms with Crippen molar-refractivity contribution in [1.82, 2.24) is 20.0 Å². The van der Waals surface area contributed by atoms with Crippen LogP contribution in [0.25, 0.3) is 0 Å². The number of rotatable bonds is 9. The standard InChI is InChI=1S/C26H38N4O5/c1-28(17-19-7-6-13-29-12-5-4-8-21(19)29)24(31)16-20-25(32)30(26(33)27-20)14-11-18-9-10-22(34-2)23(15-18)35-3/h9-10,15,19-21H,4-8,11-14,16-17H2,1-3H3,(H,27,33)/t19-,20+,21-/m0/s1. The van der Waals surface area contributed by atoms with Gasteiger partial charge in [0.15, 0.2) is 11.5 Å². The Balaban J connectivity index is 1.29. The van der Waals surface area contributed by atoms with Gasteiger partial charge in [-0.25, -0.2) is 4.79 Å². The number of piperidine rings is 2. The van der Waals surface area contributed by atoms with E-state index in [0.29, 0.717) is 36.4 Å². The summed E-state index contributed by atoms with van der Waals surface area (Å²) < 4.78 is 10.6. The third-order valence-corrected chi connectivity index (χ3v) is 7.72. The zero-order valence-corrected chi connectivity index (χ0v) is 21.1. The second-order valence-corrected chi connectivity index (χ2v) is 9.91. The predicted molar refractivity (Wildman–Crippen MR) is 131 cm³/mol. The van der Waals surface area contributed by atoms with Crippen LogP contribution in [0.15, 0.2) is 18.2 Å². The third kappa shape index (κ3) is 5.72. The Kier molecular flexibility index (Phi) is 8.15. The first-order valence-electron chi connectivity index (χ1n) is 12.7. The van der Waals surface area contributed by atoms with Gasteiger partial charge in [-0.15, -0.1) is 0 Å². The second-order valence-electron chi connectivity index (χ2n) is 9.91. The monoisotopic (exact) mass is 486 g/mol. The van der Waals surface area contributed by atoms with Crippen molar-refractivity contribution in [2.24, 2.45) is 5.92 Å². The molecule has 4 rings (SSSR count). The minimum absolute atomic E-state index is 0.00493. The quantitative estimate of drug-likeness (QED) is 0.539. The van der Waals surface area contributed by atoms with Crippen molar-refractivity contribution in [2.75, 3.05) is 47.4 Å². The number of fused-ring (bicyclic) bond motifs is 1. The number of nitrogens with one attached hydrogen (secondary N) is 1. The van der Waals surface area contributed by atoms with Gasteiger partial charge in [0.05, 0.1) is 20.6 Å². The predicted octanol–water partition coefficient (Wildman–Crippen LogP) is 2.28. The molecule has 3 aliphatic heterocycles. The number of hydrogen-bond acceptors (Lipinski definition) is 6. The van der Waals surface area contributed by atoms with E-state index in [0.717, 1.165) is 12.0 Å². The van der Waals surface area contributed by atoms with E-state index in [9.17, 15) is 14.4 Å². The average molecular weight is 487 g/mol. The van der Waals surface area contributed by atoms with Gasteiger partial charge in [-0.2, -0.15) is 0 Å². The number of nitrogens with zero attached hydrogens (tertiary/aromatic N) is 3. The first-order valence-corrected chi connectivity index (χ1v) is 12.7. The Bertz CT molecular complexity index is 936. The largest absolute Gasteiger partial charge is 0.493 e. The average Bonchev–Trinajstić information content (AvgIpc) is 3.14. The smallest absolute Gasteiger partial charge is 0.324 e. The van der Waals surface area contributed by atoms with Crippen LogP contribution >= 0.6 is 0 Å². The Morgan fingerprint density at radius 2 is 1.86 bits per heavy atom. The van der Waals surface area contributed by atoms with Gasteiger partial charge in [0.25, 0.3) is 5.91 Å². The maximum Gasteiger partial charge on any atom is 0.324 e. The third-order valence-electron chi connectivity index (χ3n) is 7.72. The van der Waals surface area contributed by atoms with Crippen molar-refractivity contribution >= 4 is 17.8 Å². The van der Waals surface area contributed by atoms with E-state index in [1.54, 1.807) is 25.2 Å². The molecule has 35 heavy (non-hydrogen) atoms. The van der Waals surface area contributed by atoms with Gasteiger partial charge in [-0.3, -0.25) is 14.5 Å². The molecule has 192 valence electrons. The molecule has 0 unspecified atom stereocenters. The fourth-order valence-corrected chi connectivity index (χ4v) is 5.78. The van der Waals surface area contributed by atoms with E-state index >= 15 is 0 Å². The van der Waals surface area contributed by atoms with E-state index in [4.69, 9.17) is 9.47 Å². The van der Waals surface area contributed by atoms with Crippen molar-refractivity contribution in [3.63, 3.8) is 0 Å². The van der Waals surface area contributed by atoms with Gasteiger partial charge in [0.1, 0.15) is 6.04 Å². The molecule has 0 spiro atoms. The number of carbonyl (C=O) groups is 3. The highest BCUT2D eigenvalue weighted by Crippen LogP contribution is 2.31. The van der Waals surface area contributed by atoms with Crippen LogP contribution in [0.2, 0.25) is 0 Å². The summed E-state index contributed by atoms with van der Waals surface area (Å²) in [6.45, 7) is 3.28. The zero-order valence-electron chi connectivity index (χ0n) is 21.1. The van der Waals surface area contributed by atoms with Crippen molar-refractivity contribution in [3.05, 3.63) is 23.8 Å². The SMILES string of the molecule is COc1ccc(CCN2C(=O)N[C@H](CC(=O)N(C)C[C@@H]3CCCN4CCCC[C@@H]34)C2=O)cc1OC. The summed E-state index contributed by atoms with van der Waals surface area (Å²) in [7, 11) is 4.96. The zero-order chi connectivity index (χ0) is 24.9. The Hall–Kier alpha value is -2.81. The Morgan fingerprint density at radius 3 is 2.63 bits per heavy atom. The summed E-state index contributed by atoms with van der Waals surface area (Å²) in [6, 6.07) is 4.84. The summed E-state index contributed by atoms with van der Waals surface area (Å²) in [4.78, 5) is 43.9. The molecular formula is C26H38N4O5. The maximum atomic E-state index is 13.0.